The summed E-state index contributed by atoms with van der Waals surface area (Å²) in [4.78, 5) is 0. The molecule has 0 heteroatoms. The second-order valence-corrected chi connectivity index (χ2v) is 7.62. The highest BCUT2D eigenvalue weighted by Gasteiger charge is 2.26. The predicted octanol–water partition coefficient (Wildman–Crippen LogP) is 7.27. The average molecular weight is 279 g/mol. The van der Waals surface area contributed by atoms with Crippen LogP contribution >= 0.6 is 0 Å². The molecule has 3 aliphatic rings. The highest BCUT2D eigenvalue weighted by atomic mass is 14.3. The maximum Gasteiger partial charge on any atom is -0.0386 e. The molecule has 3 aliphatic carbocycles. The van der Waals surface area contributed by atoms with Gasteiger partial charge in [-0.05, 0) is 11.8 Å². The van der Waals surface area contributed by atoms with Gasteiger partial charge in [-0.1, -0.05) is 116 Å². The van der Waals surface area contributed by atoms with Gasteiger partial charge in [0.05, 0.1) is 0 Å². The Morgan fingerprint density at radius 1 is 0.250 bits per heavy atom. The second-order valence-electron chi connectivity index (χ2n) is 7.62. The fourth-order valence-electron chi connectivity index (χ4n) is 4.63. The highest BCUT2D eigenvalue weighted by molar-refractivity contribution is 4.78. The third kappa shape index (κ3) is 6.64. The Bertz CT molecular complexity index is 161. The summed E-state index contributed by atoms with van der Waals surface area (Å²) in [5.41, 5.74) is 0. The van der Waals surface area contributed by atoms with Crippen molar-refractivity contribution in [1.82, 2.24) is 0 Å². The first-order chi connectivity index (χ1) is 9.97. The monoisotopic (exact) mass is 278 g/mol. The van der Waals surface area contributed by atoms with Crippen molar-refractivity contribution in [1.29, 1.82) is 0 Å². The molecule has 3 fully saturated rings. The molecule has 0 unspecified atom stereocenters. The lowest BCUT2D eigenvalue weighted by atomic mass is 9.71. The second kappa shape index (κ2) is 10.7. The van der Waals surface area contributed by atoms with E-state index in [2.05, 4.69) is 0 Å². The Hall–Kier alpha value is 0. The van der Waals surface area contributed by atoms with Gasteiger partial charge in [0, 0.05) is 0 Å². The van der Waals surface area contributed by atoms with Gasteiger partial charge in [0.25, 0.3) is 0 Å². The predicted molar refractivity (Wildman–Crippen MR) is 90.1 cm³/mol. The third-order valence-corrected chi connectivity index (χ3v) is 5.97. The van der Waals surface area contributed by atoms with Gasteiger partial charge in [0.1, 0.15) is 0 Å². The molecular formula is C20H38. The molecule has 0 nitrogen and oxygen atoms in total. The lowest BCUT2D eigenvalue weighted by Gasteiger charge is -2.35. The first kappa shape index (κ1) is 16.4. The molecule has 0 saturated heterocycles. The zero-order chi connectivity index (χ0) is 13.9. The van der Waals surface area contributed by atoms with Crippen molar-refractivity contribution in [3.05, 3.63) is 0 Å². The van der Waals surface area contributed by atoms with E-state index in [0.717, 1.165) is 11.8 Å². The first-order valence-corrected chi connectivity index (χ1v) is 9.97. The smallest absolute Gasteiger partial charge is 0.0386 e. The number of fused-ring (bicyclic) bond motifs is 1. The highest BCUT2D eigenvalue weighted by Crippen LogP contribution is 2.39. The Balaban J connectivity index is 0.000000147. The van der Waals surface area contributed by atoms with Crippen molar-refractivity contribution in [2.75, 3.05) is 0 Å². The van der Waals surface area contributed by atoms with Crippen LogP contribution in [-0.4, -0.2) is 0 Å². The minimum atomic E-state index is 1.16. The molecule has 0 aromatic rings. The number of rotatable bonds is 0. The molecule has 0 aliphatic heterocycles. The van der Waals surface area contributed by atoms with Crippen molar-refractivity contribution in [3.8, 4) is 0 Å². The average Bonchev–Trinajstić information content (AvgIpc) is 2.54. The first-order valence-electron chi connectivity index (χ1n) is 9.97. The largest absolute Gasteiger partial charge is 0.0533 e. The van der Waals surface area contributed by atoms with E-state index in [4.69, 9.17) is 0 Å². The van der Waals surface area contributed by atoms with Gasteiger partial charge < -0.3 is 0 Å². The van der Waals surface area contributed by atoms with Crippen LogP contribution in [0.25, 0.3) is 0 Å². The lowest BCUT2D eigenvalue weighted by molar-refractivity contribution is 0.171. The molecule has 0 atom stereocenters. The van der Waals surface area contributed by atoms with Gasteiger partial charge in [-0.15, -0.1) is 0 Å². The third-order valence-electron chi connectivity index (χ3n) is 5.97. The van der Waals surface area contributed by atoms with E-state index in [1.807, 2.05) is 0 Å². The minimum Gasteiger partial charge on any atom is -0.0533 e. The summed E-state index contributed by atoms with van der Waals surface area (Å²) in [5, 5.41) is 0. The zero-order valence-corrected chi connectivity index (χ0v) is 13.9. The summed E-state index contributed by atoms with van der Waals surface area (Å²) in [5.74, 6) is 2.31. The Morgan fingerprint density at radius 3 is 0.650 bits per heavy atom. The van der Waals surface area contributed by atoms with E-state index in [9.17, 15) is 0 Å². The molecule has 118 valence electrons. The van der Waals surface area contributed by atoms with E-state index >= 15 is 0 Å². The van der Waals surface area contributed by atoms with Crippen LogP contribution in [-0.2, 0) is 0 Å². The van der Waals surface area contributed by atoms with Gasteiger partial charge in [-0.3, -0.25) is 0 Å². The Labute approximate surface area is 128 Å². The molecule has 0 aromatic carbocycles. The fourth-order valence-corrected chi connectivity index (χ4v) is 4.63. The van der Waals surface area contributed by atoms with Crippen molar-refractivity contribution >= 4 is 0 Å². The molecule has 3 saturated carbocycles. The maximum atomic E-state index is 1.56. The summed E-state index contributed by atoms with van der Waals surface area (Å²) >= 11 is 0. The van der Waals surface area contributed by atoms with Crippen molar-refractivity contribution in [2.24, 2.45) is 11.8 Å². The van der Waals surface area contributed by atoms with Crippen LogP contribution in [0.2, 0.25) is 0 Å². The minimum absolute atomic E-state index is 1.16. The van der Waals surface area contributed by atoms with E-state index in [1.54, 1.807) is 25.7 Å². The normalized spacial score (nSPS) is 32.4. The van der Waals surface area contributed by atoms with Crippen LogP contribution in [0.5, 0.6) is 0 Å². The Morgan fingerprint density at radius 2 is 0.450 bits per heavy atom. The summed E-state index contributed by atoms with van der Waals surface area (Å²) in [6, 6.07) is 0. The van der Waals surface area contributed by atoms with Crippen LogP contribution < -0.4 is 0 Å². The van der Waals surface area contributed by atoms with Gasteiger partial charge in [-0.25, -0.2) is 0 Å². The summed E-state index contributed by atoms with van der Waals surface area (Å²) in [6.07, 6.45) is 27.4. The molecule has 3 rings (SSSR count). The maximum absolute atomic E-state index is 1.56. The number of hydrogen-bond acceptors (Lipinski definition) is 0. The van der Waals surface area contributed by atoms with Crippen LogP contribution in [0.4, 0.5) is 0 Å². The summed E-state index contributed by atoms with van der Waals surface area (Å²) < 4.78 is 0. The van der Waals surface area contributed by atoms with Gasteiger partial charge in [0.15, 0.2) is 0 Å². The molecule has 20 heavy (non-hydrogen) atoms. The molecule has 0 aromatic heterocycles. The Kier molecular flexibility index (Phi) is 8.75. The standard InChI is InChI=1S/C10H18.C10H20/c1-2-6-10-8-4-3-7-9(10)5-1;1-2-4-6-8-10-9-7-5-3-1/h9-10H,1-8H2;1-10H2. The van der Waals surface area contributed by atoms with Crippen LogP contribution in [0.15, 0.2) is 0 Å². The molecule has 0 heterocycles. The zero-order valence-electron chi connectivity index (χ0n) is 13.9. The van der Waals surface area contributed by atoms with Gasteiger partial charge >= 0.3 is 0 Å². The van der Waals surface area contributed by atoms with Crippen molar-refractivity contribution in [2.45, 2.75) is 116 Å². The van der Waals surface area contributed by atoms with Crippen molar-refractivity contribution in [3.63, 3.8) is 0 Å². The molecule has 0 radical (unpaired) electrons. The van der Waals surface area contributed by atoms with Gasteiger partial charge in [0.2, 0.25) is 0 Å². The van der Waals surface area contributed by atoms with E-state index in [0.29, 0.717) is 0 Å². The number of hydrogen-bond donors (Lipinski definition) is 0. The van der Waals surface area contributed by atoms with Crippen molar-refractivity contribution < 1.29 is 0 Å². The summed E-state index contributed by atoms with van der Waals surface area (Å²) in [7, 11) is 0. The van der Waals surface area contributed by atoms with Crippen LogP contribution in [0.3, 0.4) is 0 Å². The SMILES string of the molecule is C1CCC2CCCCC2C1.C1CCCCCCCCC1. The van der Waals surface area contributed by atoms with Crippen LogP contribution in [0, 0.1) is 11.8 Å². The van der Waals surface area contributed by atoms with E-state index in [1.165, 1.54) is 89.9 Å². The molecule has 0 amide bonds. The van der Waals surface area contributed by atoms with E-state index in [-0.39, 0.29) is 0 Å². The molecule has 0 bridgehead atoms. The van der Waals surface area contributed by atoms with Gasteiger partial charge in [-0.2, -0.15) is 0 Å². The fraction of sp³-hybridized carbons (Fsp3) is 1.00. The lowest BCUT2D eigenvalue weighted by Crippen LogP contribution is -2.22. The summed E-state index contributed by atoms with van der Waals surface area (Å²) in [6.45, 7) is 0. The topological polar surface area (TPSA) is 0 Å². The molecular weight excluding hydrogens is 240 g/mol. The molecule has 0 N–H and O–H groups in total. The van der Waals surface area contributed by atoms with Crippen LogP contribution in [0.1, 0.15) is 116 Å². The quantitative estimate of drug-likeness (QED) is 0.437. The molecule has 0 spiro atoms. The van der Waals surface area contributed by atoms with E-state index < -0.39 is 0 Å².